The number of aliphatic hydroxyl groups excluding tert-OH is 1. The summed E-state index contributed by atoms with van der Waals surface area (Å²) in [6, 6.07) is 11.1. The maximum Gasteiger partial charge on any atom is 0.0537 e. The lowest BCUT2D eigenvalue weighted by molar-refractivity contribution is 0.117. The summed E-state index contributed by atoms with van der Waals surface area (Å²) >= 11 is 0. The van der Waals surface area contributed by atoms with E-state index in [9.17, 15) is 5.11 Å². The van der Waals surface area contributed by atoms with Gasteiger partial charge in [0, 0.05) is 18.0 Å². The Labute approximate surface area is 117 Å². The van der Waals surface area contributed by atoms with Crippen molar-refractivity contribution in [1.82, 2.24) is 4.90 Å². The molecule has 0 aliphatic heterocycles. The van der Waals surface area contributed by atoms with Gasteiger partial charge in [-0.05, 0) is 25.5 Å². The van der Waals surface area contributed by atoms with Gasteiger partial charge in [-0.15, -0.1) is 0 Å². The predicted molar refractivity (Wildman–Crippen MR) is 80.4 cm³/mol. The minimum absolute atomic E-state index is 0.159. The van der Waals surface area contributed by atoms with Gasteiger partial charge in [-0.3, -0.25) is 0 Å². The first-order valence-electron chi connectivity index (χ1n) is 7.52. The first-order chi connectivity index (χ1) is 9.15. The molecule has 0 bridgehead atoms. The molecule has 1 unspecified atom stereocenters. The molecule has 2 nitrogen and oxygen atoms in total. The van der Waals surface area contributed by atoms with Crippen LogP contribution < -0.4 is 0 Å². The van der Waals surface area contributed by atoms with Crippen molar-refractivity contribution in [1.29, 1.82) is 0 Å². The summed E-state index contributed by atoms with van der Waals surface area (Å²) in [5.74, 6) is 0. The molecule has 1 saturated carbocycles. The number of aliphatic hydroxyl groups is 1. The fourth-order valence-electron chi connectivity index (χ4n) is 3.27. The Bertz CT molecular complexity index is 372. The molecule has 0 spiro atoms. The standard InChI is InChI=1S/C17H27NO/c1-17(14-19,15-9-5-3-6-10-15)13-18(2)16-11-7-4-8-12-16/h3,5-6,9-10,16,19H,4,7-8,11-14H2,1-2H3. The van der Waals surface area contributed by atoms with Gasteiger partial charge in [-0.2, -0.15) is 0 Å². The minimum atomic E-state index is -0.159. The van der Waals surface area contributed by atoms with Crippen LogP contribution in [0.2, 0.25) is 0 Å². The van der Waals surface area contributed by atoms with Crippen LogP contribution in [0.1, 0.15) is 44.6 Å². The van der Waals surface area contributed by atoms with E-state index in [1.165, 1.54) is 37.7 Å². The largest absolute Gasteiger partial charge is 0.395 e. The van der Waals surface area contributed by atoms with E-state index in [1.807, 2.05) is 6.07 Å². The van der Waals surface area contributed by atoms with Crippen LogP contribution in [0, 0.1) is 0 Å². The molecule has 1 atom stereocenters. The Morgan fingerprint density at radius 1 is 1.16 bits per heavy atom. The van der Waals surface area contributed by atoms with Gasteiger partial charge >= 0.3 is 0 Å². The van der Waals surface area contributed by atoms with Crippen LogP contribution >= 0.6 is 0 Å². The highest BCUT2D eigenvalue weighted by Crippen LogP contribution is 2.28. The first kappa shape index (κ1) is 14.5. The van der Waals surface area contributed by atoms with Gasteiger partial charge in [-0.1, -0.05) is 56.5 Å². The van der Waals surface area contributed by atoms with Gasteiger partial charge in [0.25, 0.3) is 0 Å². The molecule has 0 radical (unpaired) electrons. The third kappa shape index (κ3) is 3.58. The van der Waals surface area contributed by atoms with Gasteiger partial charge in [0.2, 0.25) is 0 Å². The van der Waals surface area contributed by atoms with Crippen LogP contribution in [0.25, 0.3) is 0 Å². The van der Waals surface area contributed by atoms with Crippen molar-refractivity contribution in [3.05, 3.63) is 35.9 Å². The monoisotopic (exact) mass is 261 g/mol. The average molecular weight is 261 g/mol. The molecule has 2 rings (SSSR count). The lowest BCUT2D eigenvalue weighted by Gasteiger charge is -2.38. The van der Waals surface area contributed by atoms with E-state index in [2.05, 4.69) is 43.1 Å². The molecule has 1 aliphatic carbocycles. The van der Waals surface area contributed by atoms with E-state index in [0.29, 0.717) is 6.04 Å². The number of hydrogen-bond donors (Lipinski definition) is 1. The molecule has 0 saturated heterocycles. The van der Waals surface area contributed by atoms with Crippen LogP contribution in [0.3, 0.4) is 0 Å². The molecule has 0 amide bonds. The van der Waals surface area contributed by atoms with Crippen molar-refractivity contribution in [2.24, 2.45) is 0 Å². The lowest BCUT2D eigenvalue weighted by Crippen LogP contribution is -2.44. The zero-order chi connectivity index (χ0) is 13.7. The number of nitrogens with zero attached hydrogens (tertiary/aromatic N) is 1. The zero-order valence-electron chi connectivity index (χ0n) is 12.3. The van der Waals surface area contributed by atoms with Gasteiger partial charge in [-0.25, -0.2) is 0 Å². The van der Waals surface area contributed by atoms with Crippen LogP contribution in [-0.2, 0) is 5.41 Å². The second-order valence-corrected chi connectivity index (χ2v) is 6.29. The summed E-state index contributed by atoms with van der Waals surface area (Å²) < 4.78 is 0. The molecule has 106 valence electrons. The van der Waals surface area contributed by atoms with Gasteiger partial charge < -0.3 is 10.0 Å². The summed E-state index contributed by atoms with van der Waals surface area (Å²) in [5, 5.41) is 9.86. The minimum Gasteiger partial charge on any atom is -0.395 e. The number of benzene rings is 1. The SMILES string of the molecule is CN(CC(C)(CO)c1ccccc1)C1CCCCC1. The first-order valence-corrected chi connectivity index (χ1v) is 7.52. The average Bonchev–Trinajstić information content (AvgIpc) is 2.49. The van der Waals surface area contributed by atoms with E-state index >= 15 is 0 Å². The Hall–Kier alpha value is -0.860. The van der Waals surface area contributed by atoms with Crippen LogP contribution in [-0.4, -0.2) is 36.2 Å². The van der Waals surface area contributed by atoms with Crippen LogP contribution in [0.15, 0.2) is 30.3 Å². The fraction of sp³-hybridized carbons (Fsp3) is 0.647. The van der Waals surface area contributed by atoms with Gasteiger partial charge in [0.1, 0.15) is 0 Å². The van der Waals surface area contributed by atoms with Crippen molar-refractivity contribution in [3.8, 4) is 0 Å². The third-order valence-corrected chi connectivity index (χ3v) is 4.62. The summed E-state index contributed by atoms with van der Waals surface area (Å²) in [4.78, 5) is 2.46. The molecule has 2 heteroatoms. The van der Waals surface area contributed by atoms with Crippen molar-refractivity contribution in [2.75, 3.05) is 20.2 Å². The van der Waals surface area contributed by atoms with Crippen molar-refractivity contribution < 1.29 is 5.11 Å². The van der Waals surface area contributed by atoms with Crippen molar-refractivity contribution >= 4 is 0 Å². The molecule has 0 aromatic heterocycles. The van der Waals surface area contributed by atoms with Gasteiger partial charge in [0.15, 0.2) is 0 Å². The molecular formula is C17H27NO. The summed E-state index contributed by atoms with van der Waals surface area (Å²) in [7, 11) is 2.22. The Kier molecular flexibility index (Phi) is 5.00. The molecular weight excluding hydrogens is 234 g/mol. The molecule has 1 aromatic rings. The van der Waals surface area contributed by atoms with E-state index in [-0.39, 0.29) is 12.0 Å². The highest BCUT2D eigenvalue weighted by molar-refractivity contribution is 5.25. The summed E-state index contributed by atoms with van der Waals surface area (Å²) in [5.41, 5.74) is 1.08. The normalized spacial score (nSPS) is 20.4. The quantitative estimate of drug-likeness (QED) is 0.880. The van der Waals surface area contributed by atoms with Crippen LogP contribution in [0.4, 0.5) is 0 Å². The second-order valence-electron chi connectivity index (χ2n) is 6.29. The Morgan fingerprint density at radius 2 is 1.79 bits per heavy atom. The van der Waals surface area contributed by atoms with E-state index in [1.54, 1.807) is 0 Å². The van der Waals surface area contributed by atoms with Gasteiger partial charge in [0.05, 0.1) is 6.61 Å². The molecule has 1 N–H and O–H groups in total. The number of likely N-dealkylation sites (N-methyl/N-ethyl adjacent to an activating group) is 1. The number of rotatable bonds is 5. The van der Waals surface area contributed by atoms with E-state index < -0.39 is 0 Å². The molecule has 19 heavy (non-hydrogen) atoms. The zero-order valence-corrected chi connectivity index (χ0v) is 12.3. The lowest BCUT2D eigenvalue weighted by atomic mass is 9.82. The smallest absolute Gasteiger partial charge is 0.0537 e. The fourth-order valence-corrected chi connectivity index (χ4v) is 3.27. The highest BCUT2D eigenvalue weighted by atomic mass is 16.3. The molecule has 1 aliphatic rings. The Balaban J connectivity index is 2.05. The van der Waals surface area contributed by atoms with E-state index in [4.69, 9.17) is 0 Å². The second kappa shape index (κ2) is 6.53. The molecule has 0 heterocycles. The molecule has 1 aromatic carbocycles. The topological polar surface area (TPSA) is 23.5 Å². The van der Waals surface area contributed by atoms with Crippen molar-refractivity contribution in [2.45, 2.75) is 50.5 Å². The van der Waals surface area contributed by atoms with Crippen LogP contribution in [0.5, 0.6) is 0 Å². The maximum absolute atomic E-state index is 9.86. The highest BCUT2D eigenvalue weighted by Gasteiger charge is 2.30. The van der Waals surface area contributed by atoms with Crippen molar-refractivity contribution in [3.63, 3.8) is 0 Å². The van der Waals surface area contributed by atoms with E-state index in [0.717, 1.165) is 6.54 Å². The third-order valence-electron chi connectivity index (χ3n) is 4.62. The maximum atomic E-state index is 9.86. The summed E-state index contributed by atoms with van der Waals surface area (Å²) in [6.07, 6.45) is 6.73. The molecule has 1 fully saturated rings. The predicted octanol–water partition coefficient (Wildman–Crippen LogP) is 3.20. The number of hydrogen-bond acceptors (Lipinski definition) is 2. The summed E-state index contributed by atoms with van der Waals surface area (Å²) in [6.45, 7) is 3.30. The Morgan fingerprint density at radius 3 is 2.37 bits per heavy atom.